The molecule has 12 heteroatoms. The third-order valence-corrected chi connectivity index (χ3v) is 4.25. The highest BCUT2D eigenvalue weighted by Gasteiger charge is 2.76. The molecule has 0 aromatic heterocycles. The molecule has 0 aromatic rings. The summed E-state index contributed by atoms with van der Waals surface area (Å²) in [6.07, 6.45) is -14.6. The van der Waals surface area contributed by atoms with Crippen molar-refractivity contribution in [1.29, 1.82) is 0 Å². The summed E-state index contributed by atoms with van der Waals surface area (Å²) < 4.78 is 91.8. The van der Waals surface area contributed by atoms with Crippen LogP contribution in [0.4, 0.5) is 31.1 Å². The Labute approximate surface area is 150 Å². The van der Waals surface area contributed by atoms with Gasteiger partial charge in [0.1, 0.15) is 5.72 Å². The summed E-state index contributed by atoms with van der Waals surface area (Å²) in [6.45, 7) is 2.26. The first-order chi connectivity index (χ1) is 12.1. The van der Waals surface area contributed by atoms with Gasteiger partial charge in [-0.25, -0.2) is 9.59 Å². The van der Waals surface area contributed by atoms with Crippen molar-refractivity contribution in [3.05, 3.63) is 12.2 Å². The molecule has 6 nitrogen and oxygen atoms in total. The minimum Gasteiger partial charge on any atom is -0.465 e. The van der Waals surface area contributed by atoms with Crippen LogP contribution in [0.2, 0.25) is 0 Å². The predicted octanol–water partition coefficient (Wildman–Crippen LogP) is 3.72. The Morgan fingerprint density at radius 3 is 2.15 bits per heavy atom. The molecule has 1 saturated heterocycles. The van der Waals surface area contributed by atoms with Gasteiger partial charge in [0.25, 0.3) is 0 Å². The van der Waals surface area contributed by atoms with E-state index in [9.17, 15) is 41.0 Å². The van der Waals surface area contributed by atoms with Crippen LogP contribution in [0.15, 0.2) is 12.2 Å². The lowest BCUT2D eigenvalue weighted by Gasteiger charge is -2.44. The number of allylic oxidation sites excluding steroid dienone is 1. The maximum Gasteiger partial charge on any atom is 0.409 e. The maximum absolute atomic E-state index is 13.7. The molecule has 1 N–H and O–H groups in total. The SMILES string of the molecule is CCOC(=O)/C=C/CC(C1COC(C)(C)N1C(=O)O)(C(F)(F)F)C(F)(F)F. The summed E-state index contributed by atoms with van der Waals surface area (Å²) in [5, 5.41) is 9.22. The molecule has 1 aliphatic heterocycles. The molecule has 0 spiro atoms. The van der Waals surface area contributed by atoms with Crippen LogP contribution in [0.1, 0.15) is 27.2 Å². The number of nitrogens with zero attached hydrogens (tertiary/aromatic N) is 1. The monoisotopic (exact) mass is 407 g/mol. The summed E-state index contributed by atoms with van der Waals surface area (Å²) in [7, 11) is 0. The van der Waals surface area contributed by atoms with Gasteiger partial charge in [0, 0.05) is 6.08 Å². The van der Waals surface area contributed by atoms with E-state index in [1.54, 1.807) is 0 Å². The topological polar surface area (TPSA) is 76.1 Å². The van der Waals surface area contributed by atoms with E-state index < -0.39 is 54.6 Å². The van der Waals surface area contributed by atoms with E-state index in [2.05, 4.69) is 4.74 Å². The first-order valence-electron chi connectivity index (χ1n) is 7.74. The molecule has 0 bridgehead atoms. The molecule has 0 saturated carbocycles. The standard InChI is InChI=1S/C15H19F6NO5/c1-4-26-10(23)6-5-7-13(14(16,17)18,15(19,20)21)9-8-27-12(2,3)22(9)11(24)25/h5-6,9H,4,7-8H2,1-3H3,(H,24,25)/b6-5+. The molecule has 1 heterocycles. The Kier molecular flexibility index (Phi) is 6.46. The third kappa shape index (κ3) is 4.30. The molecule has 1 fully saturated rings. The van der Waals surface area contributed by atoms with Gasteiger partial charge < -0.3 is 14.6 Å². The van der Waals surface area contributed by atoms with Gasteiger partial charge in [-0.05, 0) is 27.2 Å². The fraction of sp³-hybridized carbons (Fsp3) is 0.733. The number of carbonyl (C=O) groups is 2. The van der Waals surface area contributed by atoms with Crippen molar-refractivity contribution in [2.45, 2.75) is 51.3 Å². The van der Waals surface area contributed by atoms with Crippen LogP contribution in [0, 0.1) is 5.41 Å². The van der Waals surface area contributed by atoms with Gasteiger partial charge in [-0.3, -0.25) is 4.90 Å². The molecule has 0 aromatic carbocycles. The molecule has 1 rings (SSSR count). The second kappa shape index (κ2) is 7.56. The number of hydrogen-bond acceptors (Lipinski definition) is 4. The van der Waals surface area contributed by atoms with Crippen molar-refractivity contribution in [2.75, 3.05) is 13.2 Å². The number of hydrogen-bond donors (Lipinski definition) is 1. The van der Waals surface area contributed by atoms with Crippen molar-refractivity contribution in [1.82, 2.24) is 4.90 Å². The van der Waals surface area contributed by atoms with Crippen LogP contribution >= 0.6 is 0 Å². The van der Waals surface area contributed by atoms with Crippen LogP contribution < -0.4 is 0 Å². The van der Waals surface area contributed by atoms with E-state index in [1.165, 1.54) is 6.92 Å². The molecule has 1 amide bonds. The molecule has 0 aliphatic carbocycles. The van der Waals surface area contributed by atoms with E-state index in [1.807, 2.05) is 0 Å². The van der Waals surface area contributed by atoms with Crippen molar-refractivity contribution >= 4 is 12.1 Å². The Bertz CT molecular complexity index is 584. The normalized spacial score (nSPS) is 20.9. The molecule has 1 unspecified atom stereocenters. The number of alkyl halides is 6. The van der Waals surface area contributed by atoms with Crippen LogP contribution in [0.25, 0.3) is 0 Å². The summed E-state index contributed by atoms with van der Waals surface area (Å²) >= 11 is 0. The number of carboxylic acid groups (broad SMARTS) is 1. The Hall–Kier alpha value is -1.98. The lowest BCUT2D eigenvalue weighted by Crippen LogP contribution is -2.64. The molecular formula is C15H19F6NO5. The van der Waals surface area contributed by atoms with E-state index in [0.29, 0.717) is 12.2 Å². The van der Waals surface area contributed by atoms with E-state index in [4.69, 9.17) is 4.74 Å². The molecule has 1 atom stereocenters. The highest BCUT2D eigenvalue weighted by atomic mass is 19.4. The number of esters is 1. The Balaban J connectivity index is 3.50. The van der Waals surface area contributed by atoms with Crippen molar-refractivity contribution in [3.8, 4) is 0 Å². The fourth-order valence-corrected chi connectivity index (χ4v) is 2.97. The maximum atomic E-state index is 13.7. The Morgan fingerprint density at radius 1 is 1.22 bits per heavy atom. The molecule has 27 heavy (non-hydrogen) atoms. The minimum atomic E-state index is -5.88. The van der Waals surface area contributed by atoms with Crippen LogP contribution in [0.3, 0.4) is 0 Å². The summed E-state index contributed by atoms with van der Waals surface area (Å²) in [4.78, 5) is 22.6. The molecule has 0 radical (unpaired) electrons. The summed E-state index contributed by atoms with van der Waals surface area (Å²) in [5.74, 6) is -1.12. The van der Waals surface area contributed by atoms with E-state index in [-0.39, 0.29) is 11.5 Å². The van der Waals surface area contributed by atoms with E-state index >= 15 is 0 Å². The Morgan fingerprint density at radius 2 is 1.74 bits per heavy atom. The van der Waals surface area contributed by atoms with Gasteiger partial charge in [0.2, 0.25) is 0 Å². The smallest absolute Gasteiger partial charge is 0.409 e. The third-order valence-electron chi connectivity index (χ3n) is 4.25. The predicted molar refractivity (Wildman–Crippen MR) is 78.6 cm³/mol. The highest BCUT2D eigenvalue weighted by molar-refractivity contribution is 5.81. The number of ether oxygens (including phenoxy) is 2. The zero-order valence-electron chi connectivity index (χ0n) is 14.6. The average Bonchev–Trinajstić information content (AvgIpc) is 2.76. The zero-order chi connectivity index (χ0) is 21.3. The van der Waals surface area contributed by atoms with Gasteiger partial charge in [-0.2, -0.15) is 26.3 Å². The van der Waals surface area contributed by atoms with Crippen LogP contribution in [-0.2, 0) is 14.3 Å². The second-order valence-corrected chi connectivity index (χ2v) is 6.25. The molecule has 1 aliphatic rings. The number of rotatable bonds is 5. The van der Waals surface area contributed by atoms with Gasteiger partial charge in [-0.1, -0.05) is 6.08 Å². The van der Waals surface area contributed by atoms with Gasteiger partial charge >= 0.3 is 24.4 Å². The number of halogens is 6. The first kappa shape index (κ1) is 23.1. The van der Waals surface area contributed by atoms with Gasteiger partial charge in [-0.15, -0.1) is 0 Å². The fourth-order valence-electron chi connectivity index (χ4n) is 2.97. The van der Waals surface area contributed by atoms with Gasteiger partial charge in [0.15, 0.2) is 5.41 Å². The quantitative estimate of drug-likeness (QED) is 0.427. The summed E-state index contributed by atoms with van der Waals surface area (Å²) in [5.41, 5.74) is -6.38. The molecular weight excluding hydrogens is 388 g/mol. The lowest BCUT2D eigenvalue weighted by atomic mass is 9.74. The second-order valence-electron chi connectivity index (χ2n) is 6.25. The van der Waals surface area contributed by atoms with Crippen molar-refractivity contribution in [2.24, 2.45) is 5.41 Å². The molecule has 156 valence electrons. The van der Waals surface area contributed by atoms with E-state index in [0.717, 1.165) is 13.8 Å². The average molecular weight is 407 g/mol. The summed E-state index contributed by atoms with van der Waals surface area (Å²) in [6, 6.07) is -2.60. The zero-order valence-corrected chi connectivity index (χ0v) is 14.6. The largest absolute Gasteiger partial charge is 0.465 e. The van der Waals surface area contributed by atoms with Crippen molar-refractivity contribution in [3.63, 3.8) is 0 Å². The van der Waals surface area contributed by atoms with Gasteiger partial charge in [0.05, 0.1) is 19.3 Å². The van der Waals surface area contributed by atoms with Crippen molar-refractivity contribution < 1.29 is 50.5 Å². The number of carbonyl (C=O) groups excluding carboxylic acids is 1. The minimum absolute atomic E-state index is 0.00614. The van der Waals surface area contributed by atoms with Crippen LogP contribution in [-0.4, -0.2) is 59.4 Å². The lowest BCUT2D eigenvalue weighted by molar-refractivity contribution is -0.353. The first-order valence-corrected chi connectivity index (χ1v) is 7.74. The van der Waals surface area contributed by atoms with Crippen LogP contribution in [0.5, 0.6) is 0 Å². The highest BCUT2D eigenvalue weighted by Crippen LogP contribution is 2.58. The number of amides is 1.